The van der Waals surface area contributed by atoms with E-state index in [1.54, 1.807) is 0 Å². The molecule has 1 N–H and O–H groups in total. The smallest absolute Gasteiger partial charge is 0.214 e. The van der Waals surface area contributed by atoms with Crippen LogP contribution in [-0.4, -0.2) is 38.8 Å². The van der Waals surface area contributed by atoms with Crippen LogP contribution in [0.1, 0.15) is 33.1 Å². The summed E-state index contributed by atoms with van der Waals surface area (Å²) in [6.07, 6.45) is 2.30. The molecule has 1 saturated heterocycles. The monoisotopic (exact) mass is 283 g/mol. The molecule has 2 atom stereocenters. The number of nitrogens with one attached hydrogen (secondary N) is 1. The standard InChI is InChI=1S/C11H22ClNO3S/c1-9(2)11(5-6-12)13-17(14,15)8-10-4-3-7-16-10/h9-11,13H,3-8H2,1-2H3. The van der Waals surface area contributed by atoms with E-state index < -0.39 is 10.0 Å². The normalized spacial score (nSPS) is 23.2. The van der Waals surface area contributed by atoms with E-state index >= 15 is 0 Å². The first-order chi connectivity index (χ1) is 7.94. The summed E-state index contributed by atoms with van der Waals surface area (Å²) in [4.78, 5) is 0. The molecular weight excluding hydrogens is 262 g/mol. The summed E-state index contributed by atoms with van der Waals surface area (Å²) in [5.74, 6) is 0.775. The van der Waals surface area contributed by atoms with E-state index in [9.17, 15) is 8.42 Å². The maximum Gasteiger partial charge on any atom is 0.214 e. The van der Waals surface area contributed by atoms with Crippen LogP contribution in [0, 0.1) is 5.92 Å². The van der Waals surface area contributed by atoms with Crippen molar-refractivity contribution in [3.8, 4) is 0 Å². The number of rotatable bonds is 7. The Bertz CT molecular complexity index is 313. The van der Waals surface area contributed by atoms with Gasteiger partial charge in [0.15, 0.2) is 0 Å². The summed E-state index contributed by atoms with van der Waals surface area (Å²) in [6.45, 7) is 4.66. The number of sulfonamides is 1. The van der Waals surface area contributed by atoms with Gasteiger partial charge >= 0.3 is 0 Å². The largest absolute Gasteiger partial charge is 0.377 e. The molecule has 1 aliphatic heterocycles. The van der Waals surface area contributed by atoms with Gasteiger partial charge in [0, 0.05) is 18.5 Å². The van der Waals surface area contributed by atoms with Gasteiger partial charge in [-0.05, 0) is 25.2 Å². The second-order valence-corrected chi connectivity index (χ2v) is 7.04. The third kappa shape index (κ3) is 5.55. The summed E-state index contributed by atoms with van der Waals surface area (Å²) in [5.41, 5.74) is 0. The SMILES string of the molecule is CC(C)C(CCCl)NS(=O)(=O)CC1CCCO1. The lowest BCUT2D eigenvalue weighted by molar-refractivity contribution is 0.127. The van der Waals surface area contributed by atoms with Crippen LogP contribution >= 0.6 is 11.6 Å². The minimum absolute atomic E-state index is 0.0680. The molecule has 0 saturated carbocycles. The summed E-state index contributed by atoms with van der Waals surface area (Å²) in [7, 11) is -3.27. The van der Waals surface area contributed by atoms with Gasteiger partial charge in [-0.1, -0.05) is 13.8 Å². The number of alkyl halides is 1. The zero-order chi connectivity index (χ0) is 12.9. The Morgan fingerprint density at radius 1 is 1.47 bits per heavy atom. The maximum absolute atomic E-state index is 11.9. The summed E-state index contributed by atoms with van der Waals surface area (Å²) in [5, 5.41) is 0. The van der Waals surface area contributed by atoms with Crippen LogP contribution in [0.15, 0.2) is 0 Å². The van der Waals surface area contributed by atoms with Crippen molar-refractivity contribution in [3.05, 3.63) is 0 Å². The van der Waals surface area contributed by atoms with Crippen LogP contribution in [-0.2, 0) is 14.8 Å². The fourth-order valence-corrected chi connectivity index (χ4v) is 3.88. The molecule has 4 nitrogen and oxygen atoms in total. The summed E-state index contributed by atoms with van der Waals surface area (Å²) < 4.78 is 32.0. The van der Waals surface area contributed by atoms with Crippen molar-refractivity contribution in [2.75, 3.05) is 18.2 Å². The molecule has 2 unspecified atom stereocenters. The highest BCUT2D eigenvalue weighted by molar-refractivity contribution is 7.89. The molecule has 0 amide bonds. The molecule has 0 spiro atoms. The second-order valence-electron chi connectivity index (χ2n) is 4.86. The Labute approximate surface area is 109 Å². The molecule has 0 aliphatic carbocycles. The zero-order valence-corrected chi connectivity index (χ0v) is 12.1. The molecule has 17 heavy (non-hydrogen) atoms. The molecule has 1 fully saturated rings. The van der Waals surface area contributed by atoms with Crippen molar-refractivity contribution in [2.24, 2.45) is 5.92 Å². The lowest BCUT2D eigenvalue weighted by atomic mass is 10.0. The average molecular weight is 284 g/mol. The highest BCUT2D eigenvalue weighted by atomic mass is 35.5. The Balaban J connectivity index is 2.50. The van der Waals surface area contributed by atoms with Crippen LogP contribution in [0.25, 0.3) is 0 Å². The summed E-state index contributed by atoms with van der Waals surface area (Å²) in [6, 6.07) is -0.0843. The number of ether oxygens (including phenoxy) is 1. The lowest BCUT2D eigenvalue weighted by Crippen LogP contribution is -2.42. The Morgan fingerprint density at radius 3 is 2.65 bits per heavy atom. The van der Waals surface area contributed by atoms with Crippen molar-refractivity contribution >= 4 is 21.6 Å². The Kier molecular flexibility index (Phi) is 6.20. The number of halogens is 1. The average Bonchev–Trinajstić information content (AvgIpc) is 2.68. The Morgan fingerprint density at radius 2 is 2.18 bits per heavy atom. The molecule has 1 heterocycles. The summed E-state index contributed by atoms with van der Waals surface area (Å²) >= 11 is 5.68. The molecule has 0 radical (unpaired) electrons. The second kappa shape index (κ2) is 6.92. The van der Waals surface area contributed by atoms with Crippen molar-refractivity contribution in [3.63, 3.8) is 0 Å². The Hall–Kier alpha value is 0.160. The van der Waals surface area contributed by atoms with Crippen LogP contribution in [0.4, 0.5) is 0 Å². The molecule has 0 aromatic heterocycles. The first-order valence-electron chi connectivity index (χ1n) is 6.12. The van der Waals surface area contributed by atoms with Gasteiger partial charge in [-0.15, -0.1) is 11.6 Å². The quantitative estimate of drug-likeness (QED) is 0.724. The van der Waals surface area contributed by atoms with Crippen molar-refractivity contribution < 1.29 is 13.2 Å². The zero-order valence-electron chi connectivity index (χ0n) is 10.5. The molecule has 6 heteroatoms. The fraction of sp³-hybridized carbons (Fsp3) is 1.00. The molecule has 1 rings (SSSR count). The van der Waals surface area contributed by atoms with Gasteiger partial charge in [-0.3, -0.25) is 0 Å². The third-order valence-electron chi connectivity index (χ3n) is 2.99. The predicted molar refractivity (Wildman–Crippen MR) is 69.9 cm³/mol. The van der Waals surface area contributed by atoms with E-state index in [2.05, 4.69) is 4.72 Å². The van der Waals surface area contributed by atoms with E-state index in [0.29, 0.717) is 18.9 Å². The first-order valence-corrected chi connectivity index (χ1v) is 8.31. The van der Waals surface area contributed by atoms with Gasteiger partial charge in [0.25, 0.3) is 0 Å². The minimum Gasteiger partial charge on any atom is -0.377 e. The van der Waals surface area contributed by atoms with Gasteiger partial charge in [-0.25, -0.2) is 13.1 Å². The first kappa shape index (κ1) is 15.2. The molecule has 0 bridgehead atoms. The lowest BCUT2D eigenvalue weighted by Gasteiger charge is -2.22. The van der Waals surface area contributed by atoms with Gasteiger partial charge in [0.05, 0.1) is 11.9 Å². The van der Waals surface area contributed by atoms with E-state index in [0.717, 1.165) is 12.8 Å². The van der Waals surface area contributed by atoms with Crippen LogP contribution in [0.5, 0.6) is 0 Å². The van der Waals surface area contributed by atoms with Gasteiger partial charge in [-0.2, -0.15) is 0 Å². The number of hydrogen-bond acceptors (Lipinski definition) is 3. The molecular formula is C11H22ClNO3S. The van der Waals surface area contributed by atoms with Crippen LogP contribution in [0.2, 0.25) is 0 Å². The van der Waals surface area contributed by atoms with Crippen molar-refractivity contribution in [2.45, 2.75) is 45.3 Å². The minimum atomic E-state index is -3.27. The molecule has 0 aromatic rings. The van der Waals surface area contributed by atoms with Gasteiger partial charge in [0.2, 0.25) is 10.0 Å². The maximum atomic E-state index is 11.9. The molecule has 1 aliphatic rings. The van der Waals surface area contributed by atoms with Crippen molar-refractivity contribution in [1.29, 1.82) is 0 Å². The van der Waals surface area contributed by atoms with Gasteiger partial charge < -0.3 is 4.74 Å². The predicted octanol–water partition coefficient (Wildman–Crippen LogP) is 1.74. The highest BCUT2D eigenvalue weighted by Crippen LogP contribution is 2.15. The van der Waals surface area contributed by atoms with Gasteiger partial charge in [0.1, 0.15) is 0 Å². The topological polar surface area (TPSA) is 55.4 Å². The molecule has 102 valence electrons. The van der Waals surface area contributed by atoms with E-state index in [1.807, 2.05) is 13.8 Å². The number of hydrogen-bond donors (Lipinski definition) is 1. The highest BCUT2D eigenvalue weighted by Gasteiger charge is 2.26. The van der Waals surface area contributed by atoms with E-state index in [-0.39, 0.29) is 23.8 Å². The van der Waals surface area contributed by atoms with Crippen molar-refractivity contribution in [1.82, 2.24) is 4.72 Å². The van der Waals surface area contributed by atoms with E-state index in [4.69, 9.17) is 16.3 Å². The third-order valence-corrected chi connectivity index (χ3v) is 4.68. The van der Waals surface area contributed by atoms with Crippen LogP contribution in [0.3, 0.4) is 0 Å². The fourth-order valence-electron chi connectivity index (χ4n) is 1.95. The molecule has 0 aromatic carbocycles. The van der Waals surface area contributed by atoms with Crippen LogP contribution < -0.4 is 4.72 Å². The van der Waals surface area contributed by atoms with E-state index in [1.165, 1.54) is 0 Å².